The SMILES string of the molecule is Cc1nc(C)n(C2CCCN(C(=O)c3ccc[nH]c3=O)C2)n1. The van der Waals surface area contributed by atoms with Crippen molar-refractivity contribution in [1.82, 2.24) is 24.6 Å². The van der Waals surface area contributed by atoms with Gasteiger partial charge in [0.05, 0.1) is 6.04 Å². The maximum Gasteiger partial charge on any atom is 0.260 e. The Morgan fingerprint density at radius 2 is 2.23 bits per heavy atom. The van der Waals surface area contributed by atoms with Crippen molar-refractivity contribution in [2.75, 3.05) is 13.1 Å². The molecule has 0 saturated carbocycles. The first kappa shape index (κ1) is 14.5. The summed E-state index contributed by atoms with van der Waals surface area (Å²) in [6.07, 6.45) is 3.37. The lowest BCUT2D eigenvalue weighted by molar-refractivity contribution is 0.0669. The zero-order valence-electron chi connectivity index (χ0n) is 12.7. The number of hydrogen-bond acceptors (Lipinski definition) is 4. The molecule has 2 aromatic rings. The van der Waals surface area contributed by atoms with E-state index >= 15 is 0 Å². The minimum absolute atomic E-state index is 0.113. The molecule has 22 heavy (non-hydrogen) atoms. The van der Waals surface area contributed by atoms with Crippen LogP contribution in [0.1, 0.15) is 40.9 Å². The molecule has 1 N–H and O–H groups in total. The summed E-state index contributed by atoms with van der Waals surface area (Å²) in [6, 6.07) is 3.35. The number of nitrogens with one attached hydrogen (secondary N) is 1. The van der Waals surface area contributed by atoms with Crippen molar-refractivity contribution in [3.8, 4) is 0 Å². The number of hydrogen-bond donors (Lipinski definition) is 1. The molecule has 0 spiro atoms. The van der Waals surface area contributed by atoms with Crippen LogP contribution in [0, 0.1) is 13.8 Å². The van der Waals surface area contributed by atoms with Crippen molar-refractivity contribution in [2.24, 2.45) is 0 Å². The Morgan fingerprint density at radius 1 is 1.41 bits per heavy atom. The van der Waals surface area contributed by atoms with Crippen LogP contribution in [-0.4, -0.2) is 43.6 Å². The van der Waals surface area contributed by atoms with Crippen LogP contribution in [0.15, 0.2) is 23.1 Å². The minimum Gasteiger partial charge on any atom is -0.336 e. The van der Waals surface area contributed by atoms with Crippen molar-refractivity contribution in [3.05, 3.63) is 45.9 Å². The maximum atomic E-state index is 12.5. The van der Waals surface area contributed by atoms with Gasteiger partial charge in [-0.1, -0.05) is 0 Å². The van der Waals surface area contributed by atoms with Crippen LogP contribution in [0.5, 0.6) is 0 Å². The van der Waals surface area contributed by atoms with Gasteiger partial charge < -0.3 is 9.88 Å². The molecule has 0 aliphatic carbocycles. The first-order valence-electron chi connectivity index (χ1n) is 7.43. The van der Waals surface area contributed by atoms with Crippen LogP contribution < -0.4 is 5.56 Å². The quantitative estimate of drug-likeness (QED) is 0.899. The van der Waals surface area contributed by atoms with Crippen molar-refractivity contribution in [3.63, 3.8) is 0 Å². The fourth-order valence-corrected chi connectivity index (χ4v) is 2.98. The molecule has 1 saturated heterocycles. The Bertz CT molecular complexity index is 748. The molecule has 3 heterocycles. The van der Waals surface area contributed by atoms with Gasteiger partial charge >= 0.3 is 0 Å². The van der Waals surface area contributed by atoms with Gasteiger partial charge in [0, 0.05) is 19.3 Å². The van der Waals surface area contributed by atoms with E-state index in [4.69, 9.17) is 0 Å². The third-order valence-corrected chi connectivity index (χ3v) is 3.99. The number of likely N-dealkylation sites (tertiary alicyclic amines) is 1. The van der Waals surface area contributed by atoms with Crippen molar-refractivity contribution in [1.29, 1.82) is 0 Å². The normalized spacial score (nSPS) is 18.5. The number of piperidine rings is 1. The van der Waals surface area contributed by atoms with E-state index in [9.17, 15) is 9.59 Å². The van der Waals surface area contributed by atoms with E-state index in [1.54, 1.807) is 17.0 Å². The molecule has 116 valence electrons. The van der Waals surface area contributed by atoms with E-state index < -0.39 is 0 Å². The number of aromatic nitrogens is 4. The largest absolute Gasteiger partial charge is 0.336 e. The van der Waals surface area contributed by atoms with Crippen LogP contribution in [0.3, 0.4) is 0 Å². The first-order valence-corrected chi connectivity index (χ1v) is 7.43. The average Bonchev–Trinajstić information content (AvgIpc) is 2.86. The van der Waals surface area contributed by atoms with Crippen molar-refractivity contribution in [2.45, 2.75) is 32.7 Å². The summed E-state index contributed by atoms with van der Waals surface area (Å²) in [6.45, 7) is 4.99. The standard InChI is InChI=1S/C15H19N5O2/c1-10-17-11(2)20(18-10)12-5-4-8-19(9-12)15(22)13-6-3-7-16-14(13)21/h3,6-7,12H,4-5,8-9H2,1-2H3,(H,16,21). The number of carbonyl (C=O) groups excluding carboxylic acids is 1. The summed E-state index contributed by atoms with van der Waals surface area (Å²) < 4.78 is 1.89. The van der Waals surface area contributed by atoms with Crippen molar-refractivity contribution < 1.29 is 4.79 Å². The van der Waals surface area contributed by atoms with Gasteiger partial charge in [-0.2, -0.15) is 5.10 Å². The molecule has 3 rings (SSSR count). The molecule has 1 amide bonds. The van der Waals surface area contributed by atoms with Crippen LogP contribution in [0.25, 0.3) is 0 Å². The van der Waals surface area contributed by atoms with Gasteiger partial charge in [-0.15, -0.1) is 0 Å². The molecule has 1 aliphatic heterocycles. The second-order valence-electron chi connectivity index (χ2n) is 5.61. The van der Waals surface area contributed by atoms with E-state index in [1.165, 1.54) is 6.20 Å². The van der Waals surface area contributed by atoms with Crippen LogP contribution in [0.2, 0.25) is 0 Å². The highest BCUT2D eigenvalue weighted by Crippen LogP contribution is 2.22. The predicted octanol–water partition coefficient (Wildman–Crippen LogP) is 1.06. The Kier molecular flexibility index (Phi) is 3.79. The zero-order chi connectivity index (χ0) is 15.7. The second-order valence-corrected chi connectivity index (χ2v) is 5.61. The molecule has 7 heteroatoms. The monoisotopic (exact) mass is 301 g/mol. The topological polar surface area (TPSA) is 83.9 Å². The lowest BCUT2D eigenvalue weighted by Gasteiger charge is -2.33. The molecule has 2 aromatic heterocycles. The van der Waals surface area contributed by atoms with Gasteiger partial charge in [0.2, 0.25) is 0 Å². The molecule has 1 fully saturated rings. The molecular weight excluding hydrogens is 282 g/mol. The average molecular weight is 301 g/mol. The molecule has 1 atom stereocenters. The summed E-state index contributed by atoms with van der Waals surface area (Å²) in [4.78, 5) is 32.9. The van der Waals surface area contributed by atoms with Gasteiger partial charge in [0.1, 0.15) is 17.2 Å². The Labute approximate surface area is 128 Å². The molecule has 1 unspecified atom stereocenters. The van der Waals surface area contributed by atoms with Gasteiger partial charge in [0.25, 0.3) is 11.5 Å². The summed E-state index contributed by atoms with van der Waals surface area (Å²) in [7, 11) is 0. The highest BCUT2D eigenvalue weighted by atomic mass is 16.2. The van der Waals surface area contributed by atoms with E-state index in [2.05, 4.69) is 15.1 Å². The highest BCUT2D eigenvalue weighted by Gasteiger charge is 2.28. The minimum atomic E-state index is -0.345. The summed E-state index contributed by atoms with van der Waals surface area (Å²) in [5, 5.41) is 4.42. The number of carbonyl (C=O) groups is 1. The smallest absolute Gasteiger partial charge is 0.260 e. The van der Waals surface area contributed by atoms with E-state index in [0.717, 1.165) is 24.5 Å². The maximum absolute atomic E-state index is 12.5. The molecule has 7 nitrogen and oxygen atoms in total. The molecular formula is C15H19N5O2. The Morgan fingerprint density at radius 3 is 2.91 bits per heavy atom. The summed E-state index contributed by atoms with van der Waals surface area (Å²) >= 11 is 0. The van der Waals surface area contributed by atoms with Crippen molar-refractivity contribution >= 4 is 5.91 Å². The highest BCUT2D eigenvalue weighted by molar-refractivity contribution is 5.93. The number of nitrogens with zero attached hydrogens (tertiary/aromatic N) is 4. The second kappa shape index (κ2) is 5.75. The zero-order valence-corrected chi connectivity index (χ0v) is 12.7. The van der Waals surface area contributed by atoms with Gasteiger partial charge in [-0.25, -0.2) is 9.67 Å². The molecule has 0 radical (unpaired) electrons. The molecule has 0 bridgehead atoms. The third-order valence-electron chi connectivity index (χ3n) is 3.99. The Hall–Kier alpha value is -2.44. The number of rotatable bonds is 2. The summed E-state index contributed by atoms with van der Waals surface area (Å²) in [5.41, 5.74) is -0.156. The van der Waals surface area contributed by atoms with E-state index in [-0.39, 0.29) is 23.1 Å². The fraction of sp³-hybridized carbons (Fsp3) is 0.467. The molecule has 1 aliphatic rings. The molecule has 0 aromatic carbocycles. The lowest BCUT2D eigenvalue weighted by atomic mass is 10.0. The number of pyridine rings is 1. The van der Waals surface area contributed by atoms with Crippen LogP contribution in [0.4, 0.5) is 0 Å². The number of aromatic amines is 1. The van der Waals surface area contributed by atoms with Gasteiger partial charge in [-0.3, -0.25) is 9.59 Å². The number of H-pyrrole nitrogens is 1. The number of amides is 1. The van der Waals surface area contributed by atoms with E-state index in [0.29, 0.717) is 13.1 Å². The first-order chi connectivity index (χ1) is 10.6. The van der Waals surface area contributed by atoms with E-state index in [1.807, 2.05) is 18.5 Å². The third kappa shape index (κ3) is 2.66. The van der Waals surface area contributed by atoms with Gasteiger partial charge in [-0.05, 0) is 38.8 Å². The van der Waals surface area contributed by atoms with Crippen LogP contribution >= 0.6 is 0 Å². The predicted molar refractivity (Wildman–Crippen MR) is 80.7 cm³/mol. The van der Waals surface area contributed by atoms with Gasteiger partial charge in [0.15, 0.2) is 0 Å². The Balaban J connectivity index is 1.81. The fourth-order valence-electron chi connectivity index (χ4n) is 2.98. The summed E-state index contributed by atoms with van der Waals surface area (Å²) in [5.74, 6) is 1.37. The lowest BCUT2D eigenvalue weighted by Crippen LogP contribution is -2.42. The number of aryl methyl sites for hydroxylation is 2. The van der Waals surface area contributed by atoms with Crippen LogP contribution in [-0.2, 0) is 0 Å².